The Morgan fingerprint density at radius 2 is 2.05 bits per heavy atom. The van der Waals surface area contributed by atoms with Crippen LogP contribution in [0.3, 0.4) is 0 Å². The van der Waals surface area contributed by atoms with Gasteiger partial charge in [0.2, 0.25) is 0 Å². The molecular formula is C16H19FN2O. The van der Waals surface area contributed by atoms with Gasteiger partial charge in [-0.2, -0.15) is 0 Å². The molecule has 20 heavy (non-hydrogen) atoms. The number of nitrogens with one attached hydrogen (secondary N) is 1. The SMILES string of the molecule is COc1cc(C)nc(CN[C@H](C)c2ccccc2F)c1. The molecule has 2 rings (SSSR count). The first kappa shape index (κ1) is 14.5. The zero-order valence-corrected chi connectivity index (χ0v) is 12.0. The Bertz CT molecular complexity index is 586. The van der Waals surface area contributed by atoms with Crippen molar-refractivity contribution in [1.29, 1.82) is 0 Å². The summed E-state index contributed by atoms with van der Waals surface area (Å²) < 4.78 is 18.9. The molecule has 0 bridgehead atoms. The number of aromatic nitrogens is 1. The van der Waals surface area contributed by atoms with Gasteiger partial charge in [-0.25, -0.2) is 4.39 Å². The van der Waals surface area contributed by atoms with Crippen LogP contribution in [-0.2, 0) is 6.54 Å². The number of pyridine rings is 1. The molecule has 1 atom stereocenters. The average Bonchev–Trinajstić information content (AvgIpc) is 2.44. The smallest absolute Gasteiger partial charge is 0.127 e. The molecule has 0 amide bonds. The number of rotatable bonds is 5. The summed E-state index contributed by atoms with van der Waals surface area (Å²) in [7, 11) is 1.63. The zero-order valence-electron chi connectivity index (χ0n) is 12.0. The molecule has 1 aromatic heterocycles. The standard InChI is InChI=1S/C16H19FN2O/c1-11-8-14(20-3)9-13(19-11)10-18-12(2)15-6-4-5-7-16(15)17/h4-9,12,18H,10H2,1-3H3/t12-/m1/s1. The maximum atomic E-state index is 13.7. The summed E-state index contributed by atoms with van der Waals surface area (Å²) in [5.41, 5.74) is 2.44. The van der Waals surface area contributed by atoms with E-state index in [0.717, 1.165) is 17.1 Å². The summed E-state index contributed by atoms with van der Waals surface area (Å²) >= 11 is 0. The van der Waals surface area contributed by atoms with Crippen LogP contribution in [-0.4, -0.2) is 12.1 Å². The molecule has 0 aliphatic carbocycles. The van der Waals surface area contributed by atoms with E-state index < -0.39 is 0 Å². The molecule has 0 saturated heterocycles. The van der Waals surface area contributed by atoms with Crippen molar-refractivity contribution in [2.24, 2.45) is 0 Å². The molecule has 0 fully saturated rings. The van der Waals surface area contributed by atoms with Crippen molar-refractivity contribution in [2.45, 2.75) is 26.4 Å². The van der Waals surface area contributed by atoms with Gasteiger partial charge in [0.25, 0.3) is 0 Å². The van der Waals surface area contributed by atoms with E-state index in [-0.39, 0.29) is 11.9 Å². The van der Waals surface area contributed by atoms with Gasteiger partial charge in [0.15, 0.2) is 0 Å². The predicted octanol–water partition coefficient (Wildman–Crippen LogP) is 3.39. The number of ether oxygens (including phenoxy) is 1. The van der Waals surface area contributed by atoms with Gasteiger partial charge < -0.3 is 10.1 Å². The van der Waals surface area contributed by atoms with Gasteiger partial charge in [-0.05, 0) is 19.9 Å². The second-order valence-corrected chi connectivity index (χ2v) is 4.76. The van der Waals surface area contributed by atoms with Crippen molar-refractivity contribution in [3.05, 3.63) is 59.2 Å². The lowest BCUT2D eigenvalue weighted by atomic mass is 10.1. The van der Waals surface area contributed by atoms with Gasteiger partial charge in [-0.1, -0.05) is 18.2 Å². The predicted molar refractivity (Wildman–Crippen MR) is 77.2 cm³/mol. The van der Waals surface area contributed by atoms with Gasteiger partial charge in [0.1, 0.15) is 11.6 Å². The van der Waals surface area contributed by atoms with Crippen molar-refractivity contribution < 1.29 is 9.13 Å². The fourth-order valence-electron chi connectivity index (χ4n) is 2.11. The molecule has 0 aliphatic heterocycles. The summed E-state index contributed by atoms with van der Waals surface area (Å²) in [5, 5.41) is 3.28. The molecule has 1 aromatic carbocycles. The lowest BCUT2D eigenvalue weighted by molar-refractivity contribution is 0.412. The Kier molecular flexibility index (Phi) is 4.69. The molecule has 3 nitrogen and oxygen atoms in total. The van der Waals surface area contributed by atoms with E-state index in [4.69, 9.17) is 4.74 Å². The first-order valence-electron chi connectivity index (χ1n) is 6.59. The Hall–Kier alpha value is -1.94. The minimum absolute atomic E-state index is 0.0792. The van der Waals surface area contributed by atoms with E-state index in [2.05, 4.69) is 10.3 Å². The third-order valence-electron chi connectivity index (χ3n) is 3.18. The third-order valence-corrected chi connectivity index (χ3v) is 3.18. The van der Waals surface area contributed by atoms with Gasteiger partial charge in [-0.15, -0.1) is 0 Å². The van der Waals surface area contributed by atoms with Crippen LogP contribution in [0.15, 0.2) is 36.4 Å². The topological polar surface area (TPSA) is 34.1 Å². The van der Waals surface area contributed by atoms with Crippen molar-refractivity contribution in [2.75, 3.05) is 7.11 Å². The summed E-state index contributed by atoms with van der Waals surface area (Å²) in [6.07, 6.45) is 0. The van der Waals surface area contributed by atoms with Gasteiger partial charge in [0.05, 0.1) is 12.8 Å². The Morgan fingerprint density at radius 1 is 1.30 bits per heavy atom. The minimum Gasteiger partial charge on any atom is -0.497 e. The molecule has 0 aliphatic rings. The summed E-state index contributed by atoms with van der Waals surface area (Å²) in [6.45, 7) is 4.42. The molecular weight excluding hydrogens is 255 g/mol. The molecule has 4 heteroatoms. The fourth-order valence-corrected chi connectivity index (χ4v) is 2.11. The molecule has 2 aromatic rings. The first-order valence-corrected chi connectivity index (χ1v) is 6.59. The summed E-state index contributed by atoms with van der Waals surface area (Å²) in [5.74, 6) is 0.593. The first-order chi connectivity index (χ1) is 9.60. The van der Waals surface area contributed by atoms with Crippen molar-refractivity contribution in [3.8, 4) is 5.75 Å². The quantitative estimate of drug-likeness (QED) is 0.907. The molecule has 1 N–H and O–H groups in total. The number of methoxy groups -OCH3 is 1. The van der Waals surface area contributed by atoms with E-state index in [9.17, 15) is 4.39 Å². The van der Waals surface area contributed by atoms with Crippen LogP contribution in [0.4, 0.5) is 4.39 Å². The minimum atomic E-state index is -0.192. The Labute approximate surface area is 118 Å². The van der Waals surface area contributed by atoms with E-state index in [1.807, 2.05) is 32.0 Å². The molecule has 0 saturated carbocycles. The number of hydrogen-bond acceptors (Lipinski definition) is 3. The van der Waals surface area contributed by atoms with E-state index in [1.54, 1.807) is 19.2 Å². The largest absolute Gasteiger partial charge is 0.497 e. The number of benzene rings is 1. The van der Waals surface area contributed by atoms with Gasteiger partial charge in [-0.3, -0.25) is 4.98 Å². The van der Waals surface area contributed by atoms with Crippen molar-refractivity contribution in [1.82, 2.24) is 10.3 Å². The van der Waals surface area contributed by atoms with Crippen molar-refractivity contribution in [3.63, 3.8) is 0 Å². The zero-order chi connectivity index (χ0) is 14.5. The third kappa shape index (κ3) is 3.54. The highest BCUT2D eigenvalue weighted by Crippen LogP contribution is 2.18. The summed E-state index contributed by atoms with van der Waals surface area (Å²) in [6, 6.07) is 10.5. The van der Waals surface area contributed by atoms with Crippen LogP contribution in [0, 0.1) is 12.7 Å². The highest BCUT2D eigenvalue weighted by Gasteiger charge is 2.10. The molecule has 1 heterocycles. The molecule has 0 radical (unpaired) electrons. The van der Waals surface area contributed by atoms with Crippen LogP contribution in [0.25, 0.3) is 0 Å². The molecule has 0 spiro atoms. The normalized spacial score (nSPS) is 12.2. The van der Waals surface area contributed by atoms with Crippen LogP contribution in [0.2, 0.25) is 0 Å². The monoisotopic (exact) mass is 274 g/mol. The van der Waals surface area contributed by atoms with Crippen LogP contribution >= 0.6 is 0 Å². The van der Waals surface area contributed by atoms with E-state index in [1.165, 1.54) is 6.07 Å². The maximum Gasteiger partial charge on any atom is 0.127 e. The fraction of sp³-hybridized carbons (Fsp3) is 0.312. The van der Waals surface area contributed by atoms with Crippen LogP contribution in [0.1, 0.15) is 29.9 Å². The average molecular weight is 274 g/mol. The highest BCUT2D eigenvalue weighted by atomic mass is 19.1. The van der Waals surface area contributed by atoms with Gasteiger partial charge in [0, 0.05) is 36.0 Å². The van der Waals surface area contributed by atoms with Crippen molar-refractivity contribution >= 4 is 0 Å². The molecule has 106 valence electrons. The lowest BCUT2D eigenvalue weighted by Gasteiger charge is -2.15. The number of nitrogens with zero attached hydrogens (tertiary/aromatic N) is 1. The second kappa shape index (κ2) is 6.48. The highest BCUT2D eigenvalue weighted by molar-refractivity contribution is 5.27. The number of hydrogen-bond donors (Lipinski definition) is 1. The lowest BCUT2D eigenvalue weighted by Crippen LogP contribution is -2.20. The number of halogens is 1. The maximum absolute atomic E-state index is 13.7. The number of aryl methyl sites for hydroxylation is 1. The Morgan fingerprint density at radius 3 is 2.75 bits per heavy atom. The Balaban J connectivity index is 2.05. The van der Waals surface area contributed by atoms with E-state index in [0.29, 0.717) is 12.1 Å². The second-order valence-electron chi connectivity index (χ2n) is 4.76. The van der Waals surface area contributed by atoms with E-state index >= 15 is 0 Å². The van der Waals surface area contributed by atoms with Crippen LogP contribution < -0.4 is 10.1 Å². The van der Waals surface area contributed by atoms with Crippen LogP contribution in [0.5, 0.6) is 5.75 Å². The summed E-state index contributed by atoms with van der Waals surface area (Å²) in [4.78, 5) is 4.43. The molecule has 0 unspecified atom stereocenters. The van der Waals surface area contributed by atoms with Gasteiger partial charge >= 0.3 is 0 Å².